The topological polar surface area (TPSA) is 185 Å². The average Bonchev–Trinajstić information content (AvgIpc) is 3.86. The van der Waals surface area contributed by atoms with Gasteiger partial charge in [0.25, 0.3) is 0 Å². The Hall–Kier alpha value is -5.22. The zero-order valence-corrected chi connectivity index (χ0v) is 35.8. The van der Waals surface area contributed by atoms with Crippen LogP contribution in [0.15, 0.2) is 63.6 Å². The number of nitrogens with one attached hydrogen (secondary N) is 1. The molecule has 16 heteroatoms. The maximum absolute atomic E-state index is 14.3. The number of benzene rings is 3. The van der Waals surface area contributed by atoms with Crippen molar-refractivity contribution >= 4 is 42.1 Å². The summed E-state index contributed by atoms with van der Waals surface area (Å²) in [5.74, 6) is 3.01. The van der Waals surface area contributed by atoms with Crippen LogP contribution in [0.1, 0.15) is 78.9 Å². The van der Waals surface area contributed by atoms with Crippen molar-refractivity contribution in [3.63, 3.8) is 0 Å². The summed E-state index contributed by atoms with van der Waals surface area (Å²) < 4.78 is 79.4. The second-order valence-electron chi connectivity index (χ2n) is 15.8. The Balaban J connectivity index is 0.000000198. The van der Waals surface area contributed by atoms with Gasteiger partial charge in [0.1, 0.15) is 37.0 Å². The van der Waals surface area contributed by atoms with E-state index < -0.39 is 25.5 Å². The molecule has 3 aromatic heterocycles. The van der Waals surface area contributed by atoms with E-state index in [9.17, 15) is 21.2 Å². The van der Waals surface area contributed by atoms with Crippen molar-refractivity contribution in [1.29, 1.82) is 0 Å². The Bertz CT molecular complexity index is 2660. The van der Waals surface area contributed by atoms with E-state index in [2.05, 4.69) is 33.2 Å². The predicted octanol–water partition coefficient (Wildman–Crippen LogP) is 8.08. The number of nitrogens with two attached hydrogens (primary N) is 1. The van der Waals surface area contributed by atoms with Gasteiger partial charge < -0.3 is 29.4 Å². The van der Waals surface area contributed by atoms with E-state index in [-0.39, 0.29) is 46.8 Å². The first kappa shape index (κ1) is 41.9. The van der Waals surface area contributed by atoms with Gasteiger partial charge in [0.2, 0.25) is 0 Å². The summed E-state index contributed by atoms with van der Waals surface area (Å²) in [5.41, 5.74) is 15.8. The van der Waals surface area contributed by atoms with Crippen LogP contribution in [0.25, 0.3) is 33.3 Å². The second kappa shape index (κ2) is 16.8. The number of methoxy groups -OCH3 is 1. The minimum atomic E-state index is -3.00. The number of hydrogen-bond acceptors (Lipinski definition) is 12. The minimum Gasteiger partial charge on any atom is -0.494 e. The molecule has 2 aliphatic rings. The molecule has 8 rings (SSSR count). The molecular formula is C43H51FN6O7S2. The van der Waals surface area contributed by atoms with Crippen molar-refractivity contribution in [3.05, 3.63) is 94.7 Å². The van der Waals surface area contributed by atoms with E-state index in [0.717, 1.165) is 73.3 Å². The molecule has 3 N–H and O–H groups in total. The number of nitrogen functional groups attached to an aromatic ring is 1. The predicted molar refractivity (Wildman–Crippen MR) is 228 cm³/mol. The first-order chi connectivity index (χ1) is 28.0. The van der Waals surface area contributed by atoms with Crippen LogP contribution < -0.4 is 15.8 Å². The summed E-state index contributed by atoms with van der Waals surface area (Å²) in [6.07, 6.45) is 2.93. The SMILES string of the molecule is COc1ccc(CC(C)c2nc3cc(-c4c(C)noc4C)ccc3n2C2CCS(=O)(=O)CC2)cc1F.Cc1noc(C)c1-c1ccc(NC2CCS(=O)(=O)CC2)c(N)c1. The van der Waals surface area contributed by atoms with E-state index in [1.54, 1.807) is 6.07 Å². The number of fused-ring (bicyclic) bond motifs is 1. The summed E-state index contributed by atoms with van der Waals surface area (Å²) in [6, 6.07) is 17.1. The maximum Gasteiger partial charge on any atom is 0.165 e. The van der Waals surface area contributed by atoms with Crippen molar-refractivity contribution in [2.45, 2.75) is 84.7 Å². The van der Waals surface area contributed by atoms with Gasteiger partial charge in [-0.2, -0.15) is 0 Å². The quantitative estimate of drug-likeness (QED) is 0.134. The van der Waals surface area contributed by atoms with Gasteiger partial charge in [-0.15, -0.1) is 0 Å². The first-order valence-corrected chi connectivity index (χ1v) is 23.4. The molecule has 0 saturated carbocycles. The van der Waals surface area contributed by atoms with Crippen LogP contribution in [0.4, 0.5) is 15.8 Å². The van der Waals surface area contributed by atoms with Crippen LogP contribution in [0.2, 0.25) is 0 Å². The van der Waals surface area contributed by atoms with Gasteiger partial charge >= 0.3 is 0 Å². The third-order valence-corrected chi connectivity index (χ3v) is 14.8. The number of ether oxygens (including phenoxy) is 1. The molecule has 1 atom stereocenters. The van der Waals surface area contributed by atoms with E-state index in [1.807, 2.05) is 64.1 Å². The lowest BCUT2D eigenvalue weighted by Gasteiger charge is -2.27. The van der Waals surface area contributed by atoms with Gasteiger partial charge in [-0.1, -0.05) is 35.4 Å². The average molecular weight is 847 g/mol. The number of imidazole rings is 1. The summed E-state index contributed by atoms with van der Waals surface area (Å²) in [4.78, 5) is 5.05. The van der Waals surface area contributed by atoms with Gasteiger partial charge in [0.15, 0.2) is 11.6 Å². The smallest absolute Gasteiger partial charge is 0.165 e. The molecule has 2 saturated heterocycles. The Morgan fingerprint density at radius 1 is 0.831 bits per heavy atom. The second-order valence-corrected chi connectivity index (χ2v) is 20.4. The fourth-order valence-electron chi connectivity index (χ4n) is 8.32. The lowest BCUT2D eigenvalue weighted by Crippen LogP contribution is -2.32. The minimum absolute atomic E-state index is 0.0220. The molecule has 2 fully saturated rings. The van der Waals surface area contributed by atoms with Gasteiger partial charge in [-0.05, 0) is 113 Å². The third kappa shape index (κ3) is 9.18. The third-order valence-electron chi connectivity index (χ3n) is 11.4. The monoisotopic (exact) mass is 846 g/mol. The highest BCUT2D eigenvalue weighted by Gasteiger charge is 2.30. The Morgan fingerprint density at radius 3 is 1.95 bits per heavy atom. The standard InChI is InChI=1S/C27H30FN3O4S.C16H21N3O3S/c1-16(13-19-5-8-25(34-4)22(28)14-19)27-29-23-15-20(26-17(2)30-35-18(26)3)6-7-24(23)31(27)21-9-11-36(32,33)12-10-21;1-10-16(11(2)22-19-10)12-3-4-15(14(17)9-12)18-13-5-7-23(20,21)8-6-13/h5-8,14-16,21H,9-13H2,1-4H3;3-4,9,13,18H,5-8,17H2,1-2H3. The number of hydrogen-bond donors (Lipinski definition) is 2. The number of halogens is 1. The Morgan fingerprint density at radius 2 is 1.41 bits per heavy atom. The lowest BCUT2D eigenvalue weighted by molar-refractivity contribution is 0.386. The van der Waals surface area contributed by atoms with E-state index in [1.165, 1.54) is 13.2 Å². The zero-order chi connectivity index (χ0) is 42.2. The van der Waals surface area contributed by atoms with Crippen LogP contribution in [0, 0.1) is 33.5 Å². The van der Waals surface area contributed by atoms with E-state index in [0.29, 0.717) is 37.8 Å². The van der Waals surface area contributed by atoms with Crippen molar-refractivity contribution in [2.24, 2.45) is 0 Å². The van der Waals surface area contributed by atoms with Crippen molar-refractivity contribution < 1.29 is 35.0 Å². The molecule has 0 spiro atoms. The molecular weight excluding hydrogens is 796 g/mol. The number of nitrogens with zero attached hydrogens (tertiary/aromatic N) is 4. The Kier molecular flexibility index (Phi) is 11.9. The van der Waals surface area contributed by atoms with Crippen molar-refractivity contribution in [1.82, 2.24) is 19.9 Å². The molecule has 59 heavy (non-hydrogen) atoms. The van der Waals surface area contributed by atoms with Crippen LogP contribution in [0.3, 0.4) is 0 Å². The molecule has 6 aromatic rings. The highest BCUT2D eigenvalue weighted by atomic mass is 32.2. The van der Waals surface area contributed by atoms with Gasteiger partial charge in [-0.3, -0.25) is 0 Å². The molecule has 1 unspecified atom stereocenters. The fourth-order valence-corrected chi connectivity index (χ4v) is 11.3. The van der Waals surface area contributed by atoms with Crippen LogP contribution in [0.5, 0.6) is 5.75 Å². The van der Waals surface area contributed by atoms with Gasteiger partial charge in [0.05, 0.1) is 63.9 Å². The first-order valence-electron chi connectivity index (χ1n) is 19.8. The van der Waals surface area contributed by atoms with Crippen LogP contribution in [-0.4, -0.2) is 72.9 Å². The normalized spacial score (nSPS) is 17.3. The fraction of sp³-hybridized carbons (Fsp3) is 0.419. The summed E-state index contributed by atoms with van der Waals surface area (Å²) in [5, 5.41) is 11.4. The molecule has 0 bridgehead atoms. The van der Waals surface area contributed by atoms with E-state index >= 15 is 0 Å². The molecule has 0 aliphatic carbocycles. The summed E-state index contributed by atoms with van der Waals surface area (Å²) in [6.45, 7) is 9.66. The number of rotatable bonds is 9. The van der Waals surface area contributed by atoms with Crippen LogP contribution >= 0.6 is 0 Å². The summed E-state index contributed by atoms with van der Waals surface area (Å²) >= 11 is 0. The lowest BCUT2D eigenvalue weighted by atomic mass is 9.99. The van der Waals surface area contributed by atoms with Crippen LogP contribution in [-0.2, 0) is 26.1 Å². The van der Waals surface area contributed by atoms with Gasteiger partial charge in [-0.25, -0.2) is 26.2 Å². The highest BCUT2D eigenvalue weighted by molar-refractivity contribution is 7.91. The van der Waals surface area contributed by atoms with Crippen molar-refractivity contribution in [3.8, 4) is 28.0 Å². The summed E-state index contributed by atoms with van der Waals surface area (Å²) in [7, 11) is -4.41. The maximum atomic E-state index is 14.3. The molecule has 13 nitrogen and oxygen atoms in total. The number of sulfone groups is 2. The molecule has 0 amide bonds. The molecule has 2 aliphatic heterocycles. The Labute approximate surface area is 344 Å². The molecule has 5 heterocycles. The van der Waals surface area contributed by atoms with E-state index in [4.69, 9.17) is 24.5 Å². The van der Waals surface area contributed by atoms with Crippen molar-refractivity contribution in [2.75, 3.05) is 41.2 Å². The highest BCUT2D eigenvalue weighted by Crippen LogP contribution is 2.37. The molecule has 314 valence electrons. The zero-order valence-electron chi connectivity index (χ0n) is 34.2. The largest absolute Gasteiger partial charge is 0.494 e. The molecule has 3 aromatic carbocycles. The number of aryl methyl sites for hydroxylation is 4. The van der Waals surface area contributed by atoms with Gasteiger partial charge in [0, 0.05) is 29.1 Å². The number of aromatic nitrogens is 4. The number of anilines is 2. The molecule has 0 radical (unpaired) electrons.